The molecule has 3 N–H and O–H groups in total. The molecule has 0 saturated carbocycles. The smallest absolute Gasteiger partial charge is 0.290 e. The third-order valence-electron chi connectivity index (χ3n) is 5.82. The van der Waals surface area contributed by atoms with Gasteiger partial charge in [0.1, 0.15) is 17.0 Å². The molecular formula is C26H23N3O5. The van der Waals surface area contributed by atoms with Gasteiger partial charge in [-0.1, -0.05) is 29.8 Å². The van der Waals surface area contributed by atoms with Gasteiger partial charge >= 0.3 is 0 Å². The highest BCUT2D eigenvalue weighted by molar-refractivity contribution is 5.99. The van der Waals surface area contributed by atoms with Crippen LogP contribution in [0.25, 0.3) is 10.8 Å². The Morgan fingerprint density at radius 2 is 1.94 bits per heavy atom. The second-order valence-corrected chi connectivity index (χ2v) is 7.89. The minimum absolute atomic E-state index is 0.178. The number of carboxylic acid groups (broad SMARTS) is 1. The summed E-state index contributed by atoms with van der Waals surface area (Å²) in [5, 5.41) is 11.4. The highest BCUT2D eigenvalue weighted by Crippen LogP contribution is 2.40. The maximum Gasteiger partial charge on any atom is 0.290 e. The summed E-state index contributed by atoms with van der Waals surface area (Å²) in [5.74, 6) is 0.431. The second-order valence-electron chi connectivity index (χ2n) is 7.89. The predicted molar refractivity (Wildman–Crippen MR) is 127 cm³/mol. The van der Waals surface area contributed by atoms with Crippen LogP contribution >= 0.6 is 0 Å². The zero-order valence-corrected chi connectivity index (χ0v) is 18.4. The number of hydrogen-bond acceptors (Lipinski definition) is 5. The quantitative estimate of drug-likeness (QED) is 0.406. The Balaban J connectivity index is 0.000000868. The molecular weight excluding hydrogens is 434 g/mol. The number of pyridine rings is 2. The van der Waals surface area contributed by atoms with E-state index in [1.807, 2.05) is 43.3 Å². The molecule has 3 heterocycles. The van der Waals surface area contributed by atoms with Crippen molar-refractivity contribution in [1.29, 1.82) is 0 Å². The number of H-pyrrole nitrogens is 1. The van der Waals surface area contributed by atoms with Crippen LogP contribution in [0.5, 0.6) is 5.75 Å². The summed E-state index contributed by atoms with van der Waals surface area (Å²) in [6.07, 6.45) is 3.85. The molecule has 0 spiro atoms. The molecule has 1 amide bonds. The lowest BCUT2D eigenvalue weighted by atomic mass is 9.81. The third-order valence-corrected chi connectivity index (χ3v) is 5.82. The van der Waals surface area contributed by atoms with E-state index in [-0.39, 0.29) is 17.9 Å². The van der Waals surface area contributed by atoms with E-state index in [4.69, 9.17) is 14.6 Å². The molecule has 1 aliphatic heterocycles. The van der Waals surface area contributed by atoms with Crippen molar-refractivity contribution >= 4 is 23.2 Å². The van der Waals surface area contributed by atoms with E-state index in [0.717, 1.165) is 11.1 Å². The monoisotopic (exact) mass is 457 g/mol. The molecule has 2 aromatic heterocycles. The fraction of sp³-hybridized carbons (Fsp3) is 0.154. The number of fused-ring (bicyclic) bond motifs is 2. The molecule has 172 valence electrons. The van der Waals surface area contributed by atoms with Crippen LogP contribution in [0, 0.1) is 6.92 Å². The number of aryl methyl sites for hydroxylation is 1. The largest absolute Gasteiger partial charge is 0.491 e. The number of aromatic nitrogens is 2. The minimum Gasteiger partial charge on any atom is -0.491 e. The Bertz CT molecular complexity index is 1400. The maximum atomic E-state index is 13.4. The normalized spacial score (nSPS) is 16.4. The number of aromatic amines is 1. The van der Waals surface area contributed by atoms with Crippen LogP contribution in [0.4, 0.5) is 0 Å². The summed E-state index contributed by atoms with van der Waals surface area (Å²) in [6, 6.07) is 18.7. The van der Waals surface area contributed by atoms with Gasteiger partial charge in [0.2, 0.25) is 0 Å². The van der Waals surface area contributed by atoms with Crippen LogP contribution < -0.4 is 15.6 Å². The van der Waals surface area contributed by atoms with Crippen LogP contribution in [-0.2, 0) is 10.3 Å². The fourth-order valence-corrected chi connectivity index (χ4v) is 4.17. The van der Waals surface area contributed by atoms with Crippen molar-refractivity contribution in [1.82, 2.24) is 15.3 Å². The first-order valence-corrected chi connectivity index (χ1v) is 10.7. The van der Waals surface area contributed by atoms with Gasteiger partial charge in [-0.3, -0.25) is 19.4 Å². The number of benzene rings is 2. The Morgan fingerprint density at radius 3 is 2.71 bits per heavy atom. The van der Waals surface area contributed by atoms with E-state index < -0.39 is 5.54 Å². The van der Waals surface area contributed by atoms with Gasteiger partial charge in [0.15, 0.2) is 0 Å². The Labute approximate surface area is 195 Å². The zero-order valence-electron chi connectivity index (χ0n) is 18.4. The maximum absolute atomic E-state index is 13.4. The first-order chi connectivity index (χ1) is 16.5. The van der Waals surface area contributed by atoms with Crippen molar-refractivity contribution in [3.05, 3.63) is 106 Å². The van der Waals surface area contributed by atoms with Gasteiger partial charge in [0, 0.05) is 29.8 Å². The number of rotatable bonds is 3. The van der Waals surface area contributed by atoms with E-state index in [0.29, 0.717) is 40.8 Å². The molecule has 0 radical (unpaired) electrons. The van der Waals surface area contributed by atoms with Crippen LogP contribution in [0.1, 0.15) is 33.6 Å². The molecule has 0 bridgehead atoms. The second kappa shape index (κ2) is 9.58. The molecule has 1 atom stereocenters. The third kappa shape index (κ3) is 4.25. The van der Waals surface area contributed by atoms with Gasteiger partial charge in [-0.15, -0.1) is 0 Å². The lowest BCUT2D eigenvalue weighted by molar-refractivity contribution is -0.122. The summed E-state index contributed by atoms with van der Waals surface area (Å²) in [6.45, 7) is 2.24. The lowest BCUT2D eigenvalue weighted by Gasteiger charge is -2.39. The summed E-state index contributed by atoms with van der Waals surface area (Å²) in [4.78, 5) is 41.0. The lowest BCUT2D eigenvalue weighted by Crippen LogP contribution is -2.50. The molecule has 0 fully saturated rings. The molecule has 8 heteroatoms. The van der Waals surface area contributed by atoms with Gasteiger partial charge in [0.25, 0.3) is 17.9 Å². The molecule has 0 unspecified atom stereocenters. The van der Waals surface area contributed by atoms with E-state index in [9.17, 15) is 9.59 Å². The highest BCUT2D eigenvalue weighted by atomic mass is 16.5. The molecule has 5 rings (SSSR count). The van der Waals surface area contributed by atoms with Crippen molar-refractivity contribution in [2.45, 2.75) is 18.9 Å². The molecule has 2 aromatic carbocycles. The fourth-order valence-electron chi connectivity index (χ4n) is 4.17. The van der Waals surface area contributed by atoms with Crippen molar-refractivity contribution in [3.63, 3.8) is 0 Å². The first-order valence-electron chi connectivity index (χ1n) is 10.7. The van der Waals surface area contributed by atoms with E-state index in [1.165, 1.54) is 0 Å². The first kappa shape index (κ1) is 22.7. The van der Waals surface area contributed by atoms with Gasteiger partial charge in [-0.2, -0.15) is 0 Å². The van der Waals surface area contributed by atoms with Gasteiger partial charge in [-0.25, -0.2) is 0 Å². The Morgan fingerprint density at radius 1 is 1.18 bits per heavy atom. The molecule has 0 saturated heterocycles. The van der Waals surface area contributed by atoms with Gasteiger partial charge in [-0.05, 0) is 54.3 Å². The number of nitrogens with one attached hydrogen (secondary N) is 2. The van der Waals surface area contributed by atoms with Crippen LogP contribution in [0.3, 0.4) is 0 Å². The van der Waals surface area contributed by atoms with Crippen LogP contribution in [0.15, 0.2) is 77.9 Å². The minimum atomic E-state index is -0.817. The van der Waals surface area contributed by atoms with Crippen LogP contribution in [-0.4, -0.2) is 34.1 Å². The van der Waals surface area contributed by atoms with Gasteiger partial charge < -0.3 is 20.1 Å². The number of amides is 1. The van der Waals surface area contributed by atoms with E-state index in [1.54, 1.807) is 36.7 Å². The Kier molecular flexibility index (Phi) is 6.40. The predicted octanol–water partition coefficient (Wildman–Crippen LogP) is 3.39. The van der Waals surface area contributed by atoms with Crippen molar-refractivity contribution in [2.24, 2.45) is 0 Å². The SMILES string of the molecule is Cc1ccc([C@@]2(NC(=O)c3ccc4c(=O)[nH]ccc4c3)CCOc3cccnc32)cc1.O=CO. The number of carbonyl (C=O) groups is 2. The number of nitrogens with zero attached hydrogens (tertiary/aromatic N) is 1. The van der Waals surface area contributed by atoms with Gasteiger partial charge in [0.05, 0.1) is 6.61 Å². The molecule has 0 aliphatic carbocycles. The summed E-state index contributed by atoms with van der Waals surface area (Å²) >= 11 is 0. The average molecular weight is 457 g/mol. The topological polar surface area (TPSA) is 121 Å². The summed E-state index contributed by atoms with van der Waals surface area (Å²) in [5.41, 5.74) is 2.26. The number of ether oxygens (including phenoxy) is 1. The van der Waals surface area contributed by atoms with Crippen molar-refractivity contribution in [3.8, 4) is 5.75 Å². The van der Waals surface area contributed by atoms with E-state index >= 15 is 0 Å². The molecule has 8 nitrogen and oxygen atoms in total. The van der Waals surface area contributed by atoms with Crippen LogP contribution in [0.2, 0.25) is 0 Å². The average Bonchev–Trinajstić information content (AvgIpc) is 2.85. The standard InChI is InChI=1S/C25H21N3O3.CH2O2/c1-16-4-7-19(8-5-16)25(11-14-31-21-3-2-12-26-22(21)25)28-23(29)18-6-9-20-17(15-18)10-13-27-24(20)30;2-1-3/h2-10,12-13,15H,11,14H2,1H3,(H,27,30)(H,28,29);1H,(H,2,3)/t25-;/m0./s1. The Hall–Kier alpha value is -4.46. The number of hydrogen-bond donors (Lipinski definition) is 3. The zero-order chi connectivity index (χ0) is 24.1. The summed E-state index contributed by atoms with van der Waals surface area (Å²) in [7, 11) is 0. The molecule has 34 heavy (non-hydrogen) atoms. The summed E-state index contributed by atoms with van der Waals surface area (Å²) < 4.78 is 5.83. The van der Waals surface area contributed by atoms with Crippen molar-refractivity contribution < 1.29 is 19.4 Å². The molecule has 4 aromatic rings. The van der Waals surface area contributed by atoms with Crippen molar-refractivity contribution in [2.75, 3.05) is 6.61 Å². The van der Waals surface area contributed by atoms with E-state index in [2.05, 4.69) is 15.3 Å². The molecule has 1 aliphatic rings. The number of carbonyl (C=O) groups excluding carboxylic acids is 1. The highest BCUT2D eigenvalue weighted by Gasteiger charge is 2.42.